The first-order valence-corrected chi connectivity index (χ1v) is 7.75. The summed E-state index contributed by atoms with van der Waals surface area (Å²) in [5.41, 5.74) is 0.590. The van der Waals surface area contributed by atoms with Gasteiger partial charge in [-0.15, -0.1) is 22.7 Å². The average Bonchev–Trinajstić information content (AvgIpc) is 2.88. The Labute approximate surface area is 114 Å². The number of hydrogen-bond acceptors (Lipinski definition) is 5. The van der Waals surface area contributed by atoms with Gasteiger partial charge in [0.1, 0.15) is 5.69 Å². The van der Waals surface area contributed by atoms with Gasteiger partial charge in [0.25, 0.3) is 0 Å². The van der Waals surface area contributed by atoms with Crippen molar-refractivity contribution in [3.63, 3.8) is 0 Å². The Balaban J connectivity index is 1.82. The summed E-state index contributed by atoms with van der Waals surface area (Å²) in [7, 11) is 0. The molecule has 0 bridgehead atoms. The molecule has 0 unspecified atom stereocenters. The zero-order valence-electron chi connectivity index (χ0n) is 10.1. The maximum atomic E-state index is 11.3. The maximum Gasteiger partial charge on any atom is 0.186 e. The topological polar surface area (TPSA) is 33.2 Å². The van der Waals surface area contributed by atoms with E-state index in [9.17, 15) is 4.79 Å². The number of carbonyl (C=O) groups excluding carboxylic acids is 1. The van der Waals surface area contributed by atoms with Crippen LogP contribution in [0.4, 0.5) is 5.13 Å². The number of thiazole rings is 1. The highest BCUT2D eigenvalue weighted by Crippen LogP contribution is 2.35. The third kappa shape index (κ3) is 2.47. The molecule has 0 radical (unpaired) electrons. The van der Waals surface area contributed by atoms with Crippen LogP contribution < -0.4 is 4.90 Å². The highest BCUT2D eigenvalue weighted by atomic mass is 32.1. The molecule has 2 heterocycles. The van der Waals surface area contributed by atoms with Crippen molar-refractivity contribution in [3.8, 4) is 0 Å². The van der Waals surface area contributed by atoms with Gasteiger partial charge in [0.2, 0.25) is 0 Å². The fraction of sp³-hybridized carbons (Fsp3) is 0.385. The summed E-state index contributed by atoms with van der Waals surface area (Å²) in [5, 5.41) is 4.95. The molecule has 0 amide bonds. The second-order valence-corrected chi connectivity index (χ2v) is 6.38. The molecule has 1 saturated carbocycles. The second-order valence-electron chi connectivity index (χ2n) is 4.51. The van der Waals surface area contributed by atoms with Crippen molar-refractivity contribution in [1.29, 1.82) is 0 Å². The van der Waals surface area contributed by atoms with Gasteiger partial charge >= 0.3 is 0 Å². The smallest absolute Gasteiger partial charge is 0.186 e. The predicted molar refractivity (Wildman–Crippen MR) is 75.6 cm³/mol. The first-order chi connectivity index (χ1) is 8.74. The summed E-state index contributed by atoms with van der Waals surface area (Å²) in [6.45, 7) is 2.48. The molecule has 0 atom stereocenters. The fourth-order valence-electron chi connectivity index (χ4n) is 1.87. The predicted octanol–water partition coefficient (Wildman–Crippen LogP) is 3.58. The molecular formula is C13H14N2OS2. The molecule has 0 saturated heterocycles. The lowest BCUT2D eigenvalue weighted by Gasteiger charge is -2.20. The van der Waals surface area contributed by atoms with Crippen molar-refractivity contribution >= 4 is 33.6 Å². The Hall–Kier alpha value is -1.20. The lowest BCUT2D eigenvalue weighted by molar-refractivity contribution is 0.101. The van der Waals surface area contributed by atoms with E-state index in [2.05, 4.69) is 27.4 Å². The zero-order chi connectivity index (χ0) is 12.5. The van der Waals surface area contributed by atoms with E-state index in [1.165, 1.54) is 17.7 Å². The van der Waals surface area contributed by atoms with E-state index in [-0.39, 0.29) is 5.78 Å². The van der Waals surface area contributed by atoms with Crippen LogP contribution in [0, 0.1) is 0 Å². The summed E-state index contributed by atoms with van der Waals surface area (Å²) in [5.74, 6) is 0.0457. The Morgan fingerprint density at radius 1 is 1.50 bits per heavy atom. The fourth-order valence-corrected chi connectivity index (χ4v) is 3.51. The normalized spacial score (nSPS) is 14.7. The first kappa shape index (κ1) is 11.9. The monoisotopic (exact) mass is 278 g/mol. The Bertz CT molecular complexity index is 543. The Morgan fingerprint density at radius 2 is 2.33 bits per heavy atom. The van der Waals surface area contributed by atoms with Crippen molar-refractivity contribution in [3.05, 3.63) is 33.5 Å². The highest BCUT2D eigenvalue weighted by Gasteiger charge is 2.31. The molecule has 5 heteroatoms. The summed E-state index contributed by atoms with van der Waals surface area (Å²) in [6, 6.07) is 4.84. The number of hydrogen-bond donors (Lipinski definition) is 0. The van der Waals surface area contributed by atoms with Gasteiger partial charge in [0, 0.05) is 23.2 Å². The summed E-state index contributed by atoms with van der Waals surface area (Å²) in [4.78, 5) is 19.4. The number of Topliss-reactive ketones (excluding diaryl/α,β-unsaturated/α-hetero) is 1. The number of thiophene rings is 1. The molecule has 0 N–H and O–H groups in total. The molecule has 94 valence electrons. The molecule has 1 aliphatic rings. The molecule has 3 nitrogen and oxygen atoms in total. The van der Waals surface area contributed by atoms with Crippen LogP contribution in [0.2, 0.25) is 0 Å². The minimum Gasteiger partial charge on any atom is -0.340 e. The molecule has 0 aromatic carbocycles. The third-order valence-corrected chi connectivity index (χ3v) is 4.73. The molecule has 1 aliphatic carbocycles. The van der Waals surface area contributed by atoms with Crippen LogP contribution in [0.5, 0.6) is 0 Å². The molecule has 2 aromatic rings. The lowest BCUT2D eigenvalue weighted by Crippen LogP contribution is -2.24. The molecule has 0 aliphatic heterocycles. The van der Waals surface area contributed by atoms with E-state index in [0.29, 0.717) is 11.7 Å². The SMILES string of the molecule is CC(=O)c1csc(N(Cc2cccs2)C2CC2)n1. The van der Waals surface area contributed by atoms with Gasteiger partial charge in [0.15, 0.2) is 10.9 Å². The average molecular weight is 278 g/mol. The van der Waals surface area contributed by atoms with Crippen LogP contribution in [0.1, 0.15) is 35.1 Å². The number of rotatable bonds is 5. The van der Waals surface area contributed by atoms with Crippen LogP contribution in [-0.4, -0.2) is 16.8 Å². The van der Waals surface area contributed by atoms with Gasteiger partial charge in [-0.1, -0.05) is 6.07 Å². The van der Waals surface area contributed by atoms with Crippen molar-refractivity contribution in [2.45, 2.75) is 32.4 Å². The van der Waals surface area contributed by atoms with Crippen LogP contribution in [0.3, 0.4) is 0 Å². The van der Waals surface area contributed by atoms with Crippen LogP contribution in [0.15, 0.2) is 22.9 Å². The van der Waals surface area contributed by atoms with Crippen molar-refractivity contribution < 1.29 is 4.79 Å². The summed E-state index contributed by atoms with van der Waals surface area (Å²) in [6.07, 6.45) is 2.47. The van der Waals surface area contributed by atoms with Crippen LogP contribution in [0.25, 0.3) is 0 Å². The first-order valence-electron chi connectivity index (χ1n) is 5.99. The van der Waals surface area contributed by atoms with E-state index >= 15 is 0 Å². The number of nitrogens with zero attached hydrogens (tertiary/aromatic N) is 2. The molecule has 0 spiro atoms. The zero-order valence-corrected chi connectivity index (χ0v) is 11.8. The number of ketones is 1. The third-order valence-electron chi connectivity index (χ3n) is 2.99. The minimum atomic E-state index is 0.0457. The molecule has 1 fully saturated rings. The second kappa shape index (κ2) is 4.82. The van der Waals surface area contributed by atoms with Gasteiger partial charge < -0.3 is 4.90 Å². The van der Waals surface area contributed by atoms with E-state index in [1.54, 1.807) is 29.6 Å². The molecule has 2 aromatic heterocycles. The summed E-state index contributed by atoms with van der Waals surface area (Å²) >= 11 is 3.35. The van der Waals surface area contributed by atoms with Crippen molar-refractivity contribution in [2.75, 3.05) is 4.90 Å². The van der Waals surface area contributed by atoms with Crippen LogP contribution in [-0.2, 0) is 6.54 Å². The van der Waals surface area contributed by atoms with Gasteiger partial charge in [0.05, 0.1) is 6.54 Å². The van der Waals surface area contributed by atoms with E-state index < -0.39 is 0 Å². The number of anilines is 1. The van der Waals surface area contributed by atoms with E-state index in [0.717, 1.165) is 11.7 Å². The number of carbonyl (C=O) groups is 1. The highest BCUT2D eigenvalue weighted by molar-refractivity contribution is 7.14. The van der Waals surface area contributed by atoms with Crippen molar-refractivity contribution in [1.82, 2.24) is 4.98 Å². The van der Waals surface area contributed by atoms with E-state index in [4.69, 9.17) is 0 Å². The van der Waals surface area contributed by atoms with Gasteiger partial charge in [-0.05, 0) is 24.3 Å². The molecule has 18 heavy (non-hydrogen) atoms. The lowest BCUT2D eigenvalue weighted by atomic mass is 10.3. The molecular weight excluding hydrogens is 264 g/mol. The summed E-state index contributed by atoms with van der Waals surface area (Å²) < 4.78 is 0. The standard InChI is InChI=1S/C13H14N2OS2/c1-9(16)12-8-18-13(14-12)15(10-4-5-10)7-11-3-2-6-17-11/h2-3,6,8,10H,4-5,7H2,1H3. The van der Waals surface area contributed by atoms with Gasteiger partial charge in [-0.2, -0.15) is 0 Å². The van der Waals surface area contributed by atoms with Crippen LogP contribution >= 0.6 is 22.7 Å². The number of aromatic nitrogens is 1. The van der Waals surface area contributed by atoms with Gasteiger partial charge in [-0.3, -0.25) is 4.79 Å². The van der Waals surface area contributed by atoms with E-state index in [1.807, 2.05) is 5.38 Å². The van der Waals surface area contributed by atoms with Gasteiger partial charge in [-0.25, -0.2) is 4.98 Å². The quantitative estimate of drug-likeness (QED) is 0.784. The largest absolute Gasteiger partial charge is 0.340 e. The Morgan fingerprint density at radius 3 is 2.89 bits per heavy atom. The van der Waals surface area contributed by atoms with Crippen molar-refractivity contribution in [2.24, 2.45) is 0 Å². The minimum absolute atomic E-state index is 0.0457. The Kier molecular flexibility index (Phi) is 3.18. The maximum absolute atomic E-state index is 11.3. The molecule has 3 rings (SSSR count).